The molecular formula is C12H9F3N2O2. The molecule has 1 unspecified atom stereocenters. The third kappa shape index (κ3) is 4.10. The van der Waals surface area contributed by atoms with E-state index < -0.39 is 23.6 Å². The van der Waals surface area contributed by atoms with E-state index in [1.807, 2.05) is 0 Å². The van der Waals surface area contributed by atoms with Crippen molar-refractivity contribution in [2.24, 2.45) is 5.92 Å². The SMILES string of the molecule is N#CC(CC=O)C(=O)Nc1ccc(C(F)(F)F)cc1. The molecule has 0 heterocycles. The second kappa shape index (κ2) is 6.00. The molecule has 0 aliphatic heterocycles. The molecule has 0 fully saturated rings. The van der Waals surface area contributed by atoms with E-state index in [-0.39, 0.29) is 12.1 Å². The minimum absolute atomic E-state index is 0.129. The molecule has 0 radical (unpaired) electrons. The molecule has 1 amide bonds. The molecule has 7 heteroatoms. The topological polar surface area (TPSA) is 70.0 Å². The van der Waals surface area contributed by atoms with Crippen LogP contribution in [0.15, 0.2) is 24.3 Å². The van der Waals surface area contributed by atoms with Gasteiger partial charge in [0.1, 0.15) is 12.2 Å². The van der Waals surface area contributed by atoms with E-state index in [4.69, 9.17) is 5.26 Å². The number of nitrogens with one attached hydrogen (secondary N) is 1. The summed E-state index contributed by atoms with van der Waals surface area (Å²) in [5.74, 6) is -1.88. The van der Waals surface area contributed by atoms with Gasteiger partial charge in [-0.1, -0.05) is 0 Å². The summed E-state index contributed by atoms with van der Waals surface area (Å²) in [7, 11) is 0. The summed E-state index contributed by atoms with van der Waals surface area (Å²) in [6.07, 6.45) is -4.28. The highest BCUT2D eigenvalue weighted by Crippen LogP contribution is 2.29. The maximum absolute atomic E-state index is 12.3. The van der Waals surface area contributed by atoms with Crippen LogP contribution in [0.25, 0.3) is 0 Å². The fourth-order valence-corrected chi connectivity index (χ4v) is 1.29. The number of benzene rings is 1. The zero-order valence-electron chi connectivity index (χ0n) is 9.57. The van der Waals surface area contributed by atoms with Gasteiger partial charge in [0.05, 0.1) is 11.6 Å². The summed E-state index contributed by atoms with van der Waals surface area (Å²) in [6.45, 7) is 0. The fourth-order valence-electron chi connectivity index (χ4n) is 1.29. The molecule has 0 aliphatic carbocycles. The summed E-state index contributed by atoms with van der Waals surface area (Å²) >= 11 is 0. The Kier molecular flexibility index (Phi) is 4.64. The number of hydrogen-bond acceptors (Lipinski definition) is 3. The number of hydrogen-bond donors (Lipinski definition) is 1. The van der Waals surface area contributed by atoms with Crippen molar-refractivity contribution < 1.29 is 22.8 Å². The molecule has 1 aromatic rings. The van der Waals surface area contributed by atoms with Crippen molar-refractivity contribution >= 4 is 17.9 Å². The van der Waals surface area contributed by atoms with Crippen LogP contribution in [0, 0.1) is 17.2 Å². The van der Waals surface area contributed by atoms with Crippen molar-refractivity contribution in [3.8, 4) is 6.07 Å². The maximum atomic E-state index is 12.3. The zero-order chi connectivity index (χ0) is 14.5. The van der Waals surface area contributed by atoms with Crippen LogP contribution < -0.4 is 5.32 Å². The number of halogens is 3. The highest BCUT2D eigenvalue weighted by Gasteiger charge is 2.30. The number of nitrogens with zero attached hydrogens (tertiary/aromatic N) is 1. The summed E-state index contributed by atoms with van der Waals surface area (Å²) in [4.78, 5) is 21.7. The molecule has 4 nitrogen and oxygen atoms in total. The van der Waals surface area contributed by atoms with Crippen LogP contribution in [0.5, 0.6) is 0 Å². The van der Waals surface area contributed by atoms with Gasteiger partial charge in [0.15, 0.2) is 0 Å². The van der Waals surface area contributed by atoms with Crippen LogP contribution in [-0.2, 0) is 15.8 Å². The van der Waals surface area contributed by atoms with Gasteiger partial charge in [-0.2, -0.15) is 18.4 Å². The predicted octanol–water partition coefficient (Wildman–Crippen LogP) is 2.37. The lowest BCUT2D eigenvalue weighted by Gasteiger charge is -2.10. The van der Waals surface area contributed by atoms with E-state index in [1.54, 1.807) is 6.07 Å². The van der Waals surface area contributed by atoms with Gasteiger partial charge in [-0.25, -0.2) is 0 Å². The number of anilines is 1. The van der Waals surface area contributed by atoms with Crippen LogP contribution in [0.1, 0.15) is 12.0 Å². The van der Waals surface area contributed by atoms with Crippen LogP contribution in [-0.4, -0.2) is 12.2 Å². The smallest absolute Gasteiger partial charge is 0.325 e. The first-order valence-electron chi connectivity index (χ1n) is 5.20. The molecule has 0 saturated carbocycles. The average molecular weight is 270 g/mol. The molecule has 19 heavy (non-hydrogen) atoms. The first-order chi connectivity index (χ1) is 8.88. The molecule has 1 aromatic carbocycles. The zero-order valence-corrected chi connectivity index (χ0v) is 9.57. The lowest BCUT2D eigenvalue weighted by Crippen LogP contribution is -2.22. The van der Waals surface area contributed by atoms with Gasteiger partial charge in [0.25, 0.3) is 0 Å². The first-order valence-corrected chi connectivity index (χ1v) is 5.20. The molecule has 0 spiro atoms. The maximum Gasteiger partial charge on any atom is 0.416 e. The van der Waals surface area contributed by atoms with E-state index in [9.17, 15) is 22.8 Å². The predicted molar refractivity (Wildman–Crippen MR) is 59.9 cm³/mol. The molecule has 0 saturated heterocycles. The molecule has 1 rings (SSSR count). The van der Waals surface area contributed by atoms with Gasteiger partial charge in [0.2, 0.25) is 5.91 Å². The number of nitriles is 1. The second-order valence-electron chi connectivity index (χ2n) is 3.65. The van der Waals surface area contributed by atoms with Crippen molar-refractivity contribution in [2.75, 3.05) is 5.32 Å². The van der Waals surface area contributed by atoms with Crippen molar-refractivity contribution in [1.29, 1.82) is 5.26 Å². The van der Waals surface area contributed by atoms with Crippen LogP contribution >= 0.6 is 0 Å². The van der Waals surface area contributed by atoms with E-state index in [1.165, 1.54) is 0 Å². The summed E-state index contributed by atoms with van der Waals surface area (Å²) < 4.78 is 36.9. The largest absolute Gasteiger partial charge is 0.416 e. The number of rotatable bonds is 4. The van der Waals surface area contributed by atoms with E-state index >= 15 is 0 Å². The highest BCUT2D eigenvalue weighted by atomic mass is 19.4. The lowest BCUT2D eigenvalue weighted by atomic mass is 10.1. The molecule has 1 N–H and O–H groups in total. The van der Waals surface area contributed by atoms with E-state index in [0.29, 0.717) is 6.29 Å². The van der Waals surface area contributed by atoms with Gasteiger partial charge >= 0.3 is 6.18 Å². The van der Waals surface area contributed by atoms with Crippen LogP contribution in [0.4, 0.5) is 18.9 Å². The Balaban J connectivity index is 2.76. The third-order valence-corrected chi connectivity index (χ3v) is 2.28. The molecule has 100 valence electrons. The highest BCUT2D eigenvalue weighted by molar-refractivity contribution is 5.95. The fraction of sp³-hybridized carbons (Fsp3) is 0.250. The summed E-state index contributed by atoms with van der Waals surface area (Å²) in [5, 5.41) is 10.9. The molecular weight excluding hydrogens is 261 g/mol. The van der Waals surface area contributed by atoms with Gasteiger partial charge in [-0.15, -0.1) is 0 Å². The number of carbonyl (C=O) groups is 2. The first kappa shape index (κ1) is 14.7. The van der Waals surface area contributed by atoms with Crippen LogP contribution in [0.3, 0.4) is 0 Å². The Labute approximate surface area is 106 Å². The Morgan fingerprint density at radius 3 is 2.37 bits per heavy atom. The summed E-state index contributed by atoms with van der Waals surface area (Å²) in [5.41, 5.74) is -0.709. The van der Waals surface area contributed by atoms with Gasteiger partial charge in [-0.05, 0) is 24.3 Å². The number of carbonyl (C=O) groups excluding carboxylic acids is 2. The standard InChI is InChI=1S/C12H9F3N2O2/c13-12(14,15)9-1-3-10(4-2-9)17-11(19)8(7-16)5-6-18/h1-4,6,8H,5H2,(H,17,19). The molecule has 1 atom stereocenters. The molecule has 0 bridgehead atoms. The monoisotopic (exact) mass is 270 g/mol. The Morgan fingerprint density at radius 1 is 1.37 bits per heavy atom. The molecule has 0 aromatic heterocycles. The van der Waals surface area contributed by atoms with Gasteiger partial charge < -0.3 is 10.1 Å². The van der Waals surface area contributed by atoms with E-state index in [2.05, 4.69) is 5.32 Å². The third-order valence-electron chi connectivity index (χ3n) is 2.28. The minimum Gasteiger partial charge on any atom is -0.325 e. The Morgan fingerprint density at radius 2 is 1.95 bits per heavy atom. The van der Waals surface area contributed by atoms with Gasteiger partial charge in [0, 0.05) is 12.1 Å². The van der Waals surface area contributed by atoms with Gasteiger partial charge in [-0.3, -0.25) is 4.79 Å². The quantitative estimate of drug-likeness (QED) is 0.854. The van der Waals surface area contributed by atoms with E-state index in [0.717, 1.165) is 24.3 Å². The lowest BCUT2D eigenvalue weighted by molar-refractivity contribution is -0.137. The molecule has 0 aliphatic rings. The van der Waals surface area contributed by atoms with Crippen molar-refractivity contribution in [3.05, 3.63) is 29.8 Å². The average Bonchev–Trinajstić information content (AvgIpc) is 2.35. The summed E-state index contributed by atoms with van der Waals surface area (Å²) in [6, 6.07) is 5.43. The Bertz CT molecular complexity index is 503. The van der Waals surface area contributed by atoms with Crippen LogP contribution in [0.2, 0.25) is 0 Å². The minimum atomic E-state index is -4.45. The van der Waals surface area contributed by atoms with Crippen molar-refractivity contribution in [1.82, 2.24) is 0 Å². The van der Waals surface area contributed by atoms with Crippen molar-refractivity contribution in [2.45, 2.75) is 12.6 Å². The Hall–Kier alpha value is -2.36. The second-order valence-corrected chi connectivity index (χ2v) is 3.65. The number of amides is 1. The number of alkyl halides is 3. The number of aldehydes is 1. The normalized spacial score (nSPS) is 12.3. The van der Waals surface area contributed by atoms with Crippen molar-refractivity contribution in [3.63, 3.8) is 0 Å².